The van der Waals surface area contributed by atoms with E-state index in [-0.39, 0.29) is 5.60 Å². The molecule has 5 rings (SSSR count). The zero-order valence-electron chi connectivity index (χ0n) is 17.4. The van der Waals surface area contributed by atoms with Crippen molar-refractivity contribution in [2.75, 3.05) is 0 Å². The van der Waals surface area contributed by atoms with Gasteiger partial charge in [-0.3, -0.25) is 0 Å². The van der Waals surface area contributed by atoms with Gasteiger partial charge in [-0.05, 0) is 73.5 Å². The minimum atomic E-state index is 0.124. The van der Waals surface area contributed by atoms with E-state index in [0.717, 1.165) is 29.6 Å². The van der Waals surface area contributed by atoms with Crippen molar-refractivity contribution in [2.24, 2.45) is 40.9 Å². The molecule has 1 aliphatic heterocycles. The van der Waals surface area contributed by atoms with E-state index in [1.165, 1.54) is 70.6 Å². The molecule has 1 heterocycles. The molecule has 146 valence electrons. The number of fused-ring (bicyclic) bond motifs is 3. The summed E-state index contributed by atoms with van der Waals surface area (Å²) < 4.78 is 7.39. The predicted molar refractivity (Wildman–Crippen MR) is 108 cm³/mol. The third-order valence-corrected chi connectivity index (χ3v) is 9.31. The average Bonchev–Trinajstić information content (AvgIpc) is 2.60. The largest absolute Gasteiger partial charge is 0.366 e. The van der Waals surface area contributed by atoms with Crippen molar-refractivity contribution < 1.29 is 4.74 Å². The number of ether oxygens (including phenoxy) is 1. The van der Waals surface area contributed by atoms with Crippen molar-refractivity contribution in [1.82, 2.24) is 0 Å². The summed E-state index contributed by atoms with van der Waals surface area (Å²) in [5, 5.41) is 0. The van der Waals surface area contributed by atoms with Gasteiger partial charge in [0, 0.05) is 5.92 Å². The maximum Gasteiger partial charge on any atom is 0.0922 e. The third kappa shape index (κ3) is 2.66. The average molecular weight is 357 g/mol. The van der Waals surface area contributed by atoms with Gasteiger partial charge < -0.3 is 4.74 Å². The summed E-state index contributed by atoms with van der Waals surface area (Å²) in [4.78, 5) is 0. The summed E-state index contributed by atoms with van der Waals surface area (Å²) in [6.07, 6.45) is 21.6. The van der Waals surface area contributed by atoms with E-state index in [9.17, 15) is 0 Å². The molecule has 0 saturated heterocycles. The second-order valence-corrected chi connectivity index (χ2v) is 11.5. The molecule has 0 N–H and O–H groups in total. The number of rotatable bonds is 0. The second-order valence-electron chi connectivity index (χ2n) is 11.5. The van der Waals surface area contributed by atoms with Crippen LogP contribution in [-0.2, 0) is 4.74 Å². The lowest BCUT2D eigenvalue weighted by molar-refractivity contribution is -0.223. The van der Waals surface area contributed by atoms with Crippen LogP contribution < -0.4 is 0 Å². The topological polar surface area (TPSA) is 9.23 Å². The fourth-order valence-electron chi connectivity index (χ4n) is 8.05. The first kappa shape index (κ1) is 17.8. The van der Waals surface area contributed by atoms with E-state index < -0.39 is 0 Å². The predicted octanol–water partition coefficient (Wildman–Crippen LogP) is 6.77. The first-order chi connectivity index (χ1) is 12.5. The Hall–Kier alpha value is -0.300. The highest BCUT2D eigenvalue weighted by molar-refractivity contribution is 5.20. The highest BCUT2D eigenvalue weighted by Gasteiger charge is 2.57. The van der Waals surface area contributed by atoms with Crippen LogP contribution in [0.3, 0.4) is 0 Å². The van der Waals surface area contributed by atoms with Gasteiger partial charge in [0.05, 0.1) is 11.7 Å². The van der Waals surface area contributed by atoms with E-state index in [1.54, 1.807) is 0 Å². The Balaban J connectivity index is 1.52. The van der Waals surface area contributed by atoms with Crippen molar-refractivity contribution in [3.63, 3.8) is 0 Å². The fourth-order valence-corrected chi connectivity index (χ4v) is 8.05. The first-order valence-electron chi connectivity index (χ1n) is 11.9. The van der Waals surface area contributed by atoms with Gasteiger partial charge in [-0.2, -0.15) is 0 Å². The molecule has 5 atom stereocenters. The summed E-state index contributed by atoms with van der Waals surface area (Å²) in [5.74, 6) is 4.86. The molecule has 5 aliphatic rings. The van der Waals surface area contributed by atoms with E-state index >= 15 is 0 Å². The summed E-state index contributed by atoms with van der Waals surface area (Å²) in [7, 11) is 0. The molecule has 2 bridgehead atoms. The van der Waals surface area contributed by atoms with Crippen LogP contribution in [0.25, 0.3) is 0 Å². The van der Waals surface area contributed by atoms with Crippen LogP contribution in [-0.4, -0.2) is 11.7 Å². The van der Waals surface area contributed by atoms with Gasteiger partial charge in [0.25, 0.3) is 0 Å². The monoisotopic (exact) mass is 356 g/mol. The van der Waals surface area contributed by atoms with Gasteiger partial charge in [-0.15, -0.1) is 0 Å². The molecule has 1 nitrogen and oxygen atoms in total. The summed E-state index contributed by atoms with van der Waals surface area (Å²) >= 11 is 0. The molecular formula is C25H40O. The molecule has 0 aromatic rings. The van der Waals surface area contributed by atoms with E-state index in [1.807, 2.05) is 0 Å². The van der Waals surface area contributed by atoms with Gasteiger partial charge in [-0.25, -0.2) is 0 Å². The molecule has 4 fully saturated rings. The zero-order valence-corrected chi connectivity index (χ0v) is 17.4. The number of hydrogen-bond acceptors (Lipinski definition) is 1. The third-order valence-electron chi connectivity index (χ3n) is 9.31. The lowest BCUT2D eigenvalue weighted by atomic mass is 9.53. The lowest BCUT2D eigenvalue weighted by Crippen LogP contribution is -2.60. The summed E-state index contributed by atoms with van der Waals surface area (Å²) in [5.41, 5.74) is 0.519. The highest BCUT2D eigenvalue weighted by atomic mass is 16.5. The highest BCUT2D eigenvalue weighted by Crippen LogP contribution is 2.59. The Morgan fingerprint density at radius 3 is 2.15 bits per heavy atom. The van der Waals surface area contributed by atoms with Crippen LogP contribution in [0, 0.1) is 40.9 Å². The molecule has 0 aromatic carbocycles. The van der Waals surface area contributed by atoms with Crippen LogP contribution in [0.15, 0.2) is 12.2 Å². The molecule has 1 spiro atoms. The van der Waals surface area contributed by atoms with Crippen molar-refractivity contribution in [3.8, 4) is 0 Å². The van der Waals surface area contributed by atoms with Gasteiger partial charge in [0.2, 0.25) is 0 Å². The summed E-state index contributed by atoms with van der Waals surface area (Å²) in [6.45, 7) is 7.43. The van der Waals surface area contributed by atoms with Gasteiger partial charge >= 0.3 is 0 Å². The standard InChI is InChI=1S/C25H40O/c1-24(2,3)22-16-17-8-4-5-13-20(17)23-21(22)14-15-25(26-23)18-9-6-10-19(25)12-7-11-18/h14-15,17-23H,4-13,16H2,1-3H3. The fraction of sp³-hybridized carbons (Fsp3) is 0.920. The molecule has 4 aliphatic carbocycles. The SMILES string of the molecule is CC(C)(C)C1CC2CCCCC2C2OC3(C=CC21)C1CCCC3CCC1. The van der Waals surface area contributed by atoms with E-state index in [2.05, 4.69) is 32.9 Å². The second kappa shape index (κ2) is 6.36. The number of hydrogen-bond donors (Lipinski definition) is 0. The van der Waals surface area contributed by atoms with Crippen molar-refractivity contribution in [1.29, 1.82) is 0 Å². The van der Waals surface area contributed by atoms with Crippen LogP contribution in [0.5, 0.6) is 0 Å². The van der Waals surface area contributed by atoms with Crippen LogP contribution in [0.1, 0.15) is 91.4 Å². The Morgan fingerprint density at radius 2 is 1.50 bits per heavy atom. The maximum atomic E-state index is 7.39. The van der Waals surface area contributed by atoms with Gasteiger partial charge in [0.1, 0.15) is 0 Å². The molecule has 0 amide bonds. The zero-order chi connectivity index (χ0) is 17.9. The van der Waals surface area contributed by atoms with E-state index in [4.69, 9.17) is 4.74 Å². The van der Waals surface area contributed by atoms with Crippen LogP contribution >= 0.6 is 0 Å². The minimum absolute atomic E-state index is 0.124. The van der Waals surface area contributed by atoms with Crippen molar-refractivity contribution >= 4 is 0 Å². The Bertz CT molecular complexity index is 533. The van der Waals surface area contributed by atoms with E-state index in [0.29, 0.717) is 17.4 Å². The smallest absolute Gasteiger partial charge is 0.0922 e. The lowest BCUT2D eigenvalue weighted by Gasteiger charge is -2.60. The Kier molecular flexibility index (Phi) is 4.35. The van der Waals surface area contributed by atoms with Crippen LogP contribution in [0.2, 0.25) is 0 Å². The Morgan fingerprint density at radius 1 is 0.846 bits per heavy atom. The molecule has 0 aromatic heterocycles. The molecular weight excluding hydrogens is 316 g/mol. The van der Waals surface area contributed by atoms with Gasteiger partial charge in [-0.1, -0.05) is 65.0 Å². The van der Waals surface area contributed by atoms with Crippen molar-refractivity contribution in [3.05, 3.63) is 12.2 Å². The van der Waals surface area contributed by atoms with Crippen molar-refractivity contribution in [2.45, 2.75) is 103 Å². The minimum Gasteiger partial charge on any atom is -0.366 e. The molecule has 26 heavy (non-hydrogen) atoms. The molecule has 4 saturated carbocycles. The van der Waals surface area contributed by atoms with Crippen LogP contribution in [0.4, 0.5) is 0 Å². The normalized spacial score (nSPS) is 51.0. The molecule has 0 radical (unpaired) electrons. The first-order valence-corrected chi connectivity index (χ1v) is 11.9. The van der Waals surface area contributed by atoms with Gasteiger partial charge in [0.15, 0.2) is 0 Å². The molecule has 1 heteroatoms. The maximum absolute atomic E-state index is 7.39. The Labute approximate surface area is 161 Å². The molecule has 5 unspecified atom stereocenters. The quantitative estimate of drug-likeness (QED) is 0.435. The summed E-state index contributed by atoms with van der Waals surface area (Å²) in [6, 6.07) is 0.